The molecule has 4 heteroatoms. The SMILES string of the molecule is N[C@@H](Cc1ccccc1)C(=O)NCc1ccc(F)cc1. The van der Waals surface area contributed by atoms with Crippen molar-refractivity contribution in [3.05, 3.63) is 71.5 Å². The van der Waals surface area contributed by atoms with Gasteiger partial charge in [-0.1, -0.05) is 42.5 Å². The Bertz CT molecular complexity index is 554. The molecule has 0 aliphatic carbocycles. The number of rotatable bonds is 5. The van der Waals surface area contributed by atoms with Gasteiger partial charge in [0.15, 0.2) is 0 Å². The zero-order valence-corrected chi connectivity index (χ0v) is 11.1. The minimum absolute atomic E-state index is 0.210. The Balaban J connectivity index is 1.83. The summed E-state index contributed by atoms with van der Waals surface area (Å²) in [6.07, 6.45) is 0.496. The molecule has 104 valence electrons. The molecule has 0 fully saturated rings. The van der Waals surface area contributed by atoms with E-state index >= 15 is 0 Å². The molecule has 0 heterocycles. The van der Waals surface area contributed by atoms with Crippen molar-refractivity contribution in [1.82, 2.24) is 5.32 Å². The Morgan fingerprint density at radius 3 is 2.35 bits per heavy atom. The topological polar surface area (TPSA) is 55.1 Å². The van der Waals surface area contributed by atoms with Crippen molar-refractivity contribution in [1.29, 1.82) is 0 Å². The van der Waals surface area contributed by atoms with Crippen LogP contribution in [0.1, 0.15) is 11.1 Å². The van der Waals surface area contributed by atoms with Crippen LogP contribution in [0.25, 0.3) is 0 Å². The Morgan fingerprint density at radius 2 is 1.70 bits per heavy atom. The van der Waals surface area contributed by atoms with Crippen LogP contribution in [0, 0.1) is 5.82 Å². The molecule has 0 aliphatic heterocycles. The second-order valence-corrected chi connectivity index (χ2v) is 4.64. The number of hydrogen-bond acceptors (Lipinski definition) is 2. The van der Waals surface area contributed by atoms with Crippen LogP contribution in [-0.4, -0.2) is 11.9 Å². The molecule has 2 rings (SSSR count). The predicted octanol–water partition coefficient (Wildman–Crippen LogP) is 2.01. The van der Waals surface area contributed by atoms with Gasteiger partial charge in [-0.2, -0.15) is 0 Å². The summed E-state index contributed by atoms with van der Waals surface area (Å²) in [5, 5.41) is 2.75. The monoisotopic (exact) mass is 272 g/mol. The molecule has 0 saturated heterocycles. The molecular formula is C16H17FN2O. The van der Waals surface area contributed by atoms with Gasteiger partial charge in [0, 0.05) is 6.54 Å². The Morgan fingerprint density at radius 1 is 1.05 bits per heavy atom. The first kappa shape index (κ1) is 14.2. The van der Waals surface area contributed by atoms with E-state index in [4.69, 9.17) is 5.73 Å². The molecular weight excluding hydrogens is 255 g/mol. The molecule has 3 nitrogen and oxygen atoms in total. The third-order valence-electron chi connectivity index (χ3n) is 3.02. The number of carbonyl (C=O) groups is 1. The molecule has 2 aromatic rings. The Labute approximate surface area is 117 Å². The molecule has 0 saturated carbocycles. The molecule has 3 N–H and O–H groups in total. The first-order valence-electron chi connectivity index (χ1n) is 6.47. The van der Waals surface area contributed by atoms with Gasteiger partial charge in [-0.05, 0) is 29.7 Å². The lowest BCUT2D eigenvalue weighted by atomic mass is 10.1. The molecule has 20 heavy (non-hydrogen) atoms. The van der Waals surface area contributed by atoms with Gasteiger partial charge in [0.05, 0.1) is 6.04 Å². The van der Waals surface area contributed by atoms with Gasteiger partial charge in [-0.3, -0.25) is 4.79 Å². The van der Waals surface area contributed by atoms with Gasteiger partial charge in [-0.15, -0.1) is 0 Å². The number of carbonyl (C=O) groups excluding carboxylic acids is 1. The number of nitrogens with one attached hydrogen (secondary N) is 1. The fourth-order valence-corrected chi connectivity index (χ4v) is 1.88. The maximum atomic E-state index is 12.7. The summed E-state index contributed by atoms with van der Waals surface area (Å²) in [5.41, 5.74) is 7.73. The summed E-state index contributed by atoms with van der Waals surface area (Å²) >= 11 is 0. The maximum Gasteiger partial charge on any atom is 0.237 e. The number of nitrogens with two attached hydrogens (primary N) is 1. The van der Waals surface area contributed by atoms with Crippen LogP contribution in [0.2, 0.25) is 0 Å². The van der Waals surface area contributed by atoms with Crippen LogP contribution in [-0.2, 0) is 17.8 Å². The average Bonchev–Trinajstić information content (AvgIpc) is 2.47. The summed E-state index contributed by atoms with van der Waals surface area (Å²) in [4.78, 5) is 11.9. The minimum atomic E-state index is -0.585. The maximum absolute atomic E-state index is 12.7. The zero-order chi connectivity index (χ0) is 14.4. The molecule has 0 aliphatic rings. The second-order valence-electron chi connectivity index (χ2n) is 4.64. The van der Waals surface area contributed by atoms with Crippen LogP contribution < -0.4 is 11.1 Å². The van der Waals surface area contributed by atoms with Gasteiger partial charge >= 0.3 is 0 Å². The van der Waals surface area contributed by atoms with Crippen LogP contribution in [0.4, 0.5) is 4.39 Å². The standard InChI is InChI=1S/C16H17FN2O/c17-14-8-6-13(7-9-14)11-19-16(20)15(18)10-12-4-2-1-3-5-12/h1-9,15H,10-11,18H2,(H,19,20)/t15-/m0/s1. The third kappa shape index (κ3) is 4.17. The van der Waals surface area contributed by atoms with Crippen LogP contribution in [0.5, 0.6) is 0 Å². The molecule has 1 amide bonds. The molecule has 0 unspecified atom stereocenters. The number of benzene rings is 2. The predicted molar refractivity (Wildman–Crippen MR) is 76.4 cm³/mol. The number of amides is 1. The smallest absolute Gasteiger partial charge is 0.237 e. The van der Waals surface area contributed by atoms with Gasteiger partial charge in [0.2, 0.25) is 5.91 Å². The van der Waals surface area contributed by atoms with E-state index in [1.54, 1.807) is 12.1 Å². The molecule has 1 atom stereocenters. The van der Waals surface area contributed by atoms with E-state index in [2.05, 4.69) is 5.32 Å². The highest BCUT2D eigenvalue weighted by atomic mass is 19.1. The van der Waals surface area contributed by atoms with E-state index in [-0.39, 0.29) is 11.7 Å². The van der Waals surface area contributed by atoms with Crippen molar-refractivity contribution >= 4 is 5.91 Å². The summed E-state index contributed by atoms with van der Waals surface area (Å²) < 4.78 is 12.7. The first-order chi connectivity index (χ1) is 9.65. The van der Waals surface area contributed by atoms with E-state index < -0.39 is 6.04 Å². The lowest BCUT2D eigenvalue weighted by Gasteiger charge is -2.12. The van der Waals surface area contributed by atoms with Crippen LogP contribution in [0.15, 0.2) is 54.6 Å². The lowest BCUT2D eigenvalue weighted by molar-refractivity contribution is -0.122. The van der Waals surface area contributed by atoms with Crippen molar-refractivity contribution < 1.29 is 9.18 Å². The molecule has 0 bridgehead atoms. The highest BCUT2D eigenvalue weighted by Gasteiger charge is 2.13. The number of hydrogen-bond donors (Lipinski definition) is 2. The number of halogens is 1. The van der Waals surface area contributed by atoms with Crippen LogP contribution >= 0.6 is 0 Å². The zero-order valence-electron chi connectivity index (χ0n) is 11.1. The summed E-state index contributed by atoms with van der Waals surface area (Å²) in [6.45, 7) is 0.349. The van der Waals surface area contributed by atoms with E-state index in [1.165, 1.54) is 12.1 Å². The van der Waals surface area contributed by atoms with Crippen molar-refractivity contribution in [2.45, 2.75) is 19.0 Å². The third-order valence-corrected chi connectivity index (χ3v) is 3.02. The molecule has 0 aromatic heterocycles. The van der Waals surface area contributed by atoms with Crippen molar-refractivity contribution in [3.63, 3.8) is 0 Å². The van der Waals surface area contributed by atoms with Gasteiger partial charge < -0.3 is 11.1 Å². The highest BCUT2D eigenvalue weighted by Crippen LogP contribution is 2.04. The van der Waals surface area contributed by atoms with E-state index in [1.807, 2.05) is 30.3 Å². The Kier molecular flexibility index (Phi) is 4.85. The molecule has 2 aromatic carbocycles. The fourth-order valence-electron chi connectivity index (χ4n) is 1.88. The van der Waals surface area contributed by atoms with Gasteiger partial charge in [0.1, 0.15) is 5.82 Å². The fraction of sp³-hybridized carbons (Fsp3) is 0.188. The largest absolute Gasteiger partial charge is 0.351 e. The van der Waals surface area contributed by atoms with E-state index in [9.17, 15) is 9.18 Å². The van der Waals surface area contributed by atoms with Crippen molar-refractivity contribution in [3.8, 4) is 0 Å². The minimum Gasteiger partial charge on any atom is -0.351 e. The van der Waals surface area contributed by atoms with E-state index in [0.717, 1.165) is 11.1 Å². The quantitative estimate of drug-likeness (QED) is 0.875. The Hall–Kier alpha value is -2.20. The van der Waals surface area contributed by atoms with Gasteiger partial charge in [-0.25, -0.2) is 4.39 Å². The summed E-state index contributed by atoms with van der Waals surface area (Å²) in [7, 11) is 0. The first-order valence-corrected chi connectivity index (χ1v) is 6.47. The lowest BCUT2D eigenvalue weighted by Crippen LogP contribution is -2.41. The normalized spacial score (nSPS) is 11.9. The summed E-state index contributed by atoms with van der Waals surface area (Å²) in [5.74, 6) is -0.501. The van der Waals surface area contributed by atoms with Gasteiger partial charge in [0.25, 0.3) is 0 Å². The van der Waals surface area contributed by atoms with Crippen molar-refractivity contribution in [2.75, 3.05) is 0 Å². The second kappa shape index (κ2) is 6.82. The van der Waals surface area contributed by atoms with Crippen molar-refractivity contribution in [2.24, 2.45) is 5.73 Å². The molecule has 0 spiro atoms. The van der Waals surface area contributed by atoms with Crippen LogP contribution in [0.3, 0.4) is 0 Å². The molecule has 0 radical (unpaired) electrons. The highest BCUT2D eigenvalue weighted by molar-refractivity contribution is 5.81. The van der Waals surface area contributed by atoms with E-state index in [0.29, 0.717) is 13.0 Å². The summed E-state index contributed by atoms with van der Waals surface area (Å²) in [6, 6.07) is 15.0. The average molecular weight is 272 g/mol.